The third kappa shape index (κ3) is 5.24. The highest BCUT2D eigenvalue weighted by atomic mass is 35.5. The molecule has 0 radical (unpaired) electrons. The lowest BCUT2D eigenvalue weighted by atomic mass is 10.0. The van der Waals surface area contributed by atoms with E-state index in [0.29, 0.717) is 44.1 Å². The minimum absolute atomic E-state index is 0.149. The van der Waals surface area contributed by atoms with E-state index in [0.717, 1.165) is 0 Å². The third-order valence-corrected chi connectivity index (χ3v) is 6.10. The van der Waals surface area contributed by atoms with Crippen LogP contribution >= 0.6 is 23.4 Å². The first-order valence-electron chi connectivity index (χ1n) is 10.1. The summed E-state index contributed by atoms with van der Waals surface area (Å²) in [6.45, 7) is 0. The zero-order valence-electron chi connectivity index (χ0n) is 17.4. The molecule has 3 N–H and O–H groups in total. The van der Waals surface area contributed by atoms with Gasteiger partial charge in [-0.15, -0.1) is 10.2 Å². The van der Waals surface area contributed by atoms with Crippen LogP contribution in [0.3, 0.4) is 0 Å². The zero-order chi connectivity index (χ0) is 23.2. The lowest BCUT2D eigenvalue weighted by Gasteiger charge is -2.10. The van der Waals surface area contributed by atoms with E-state index in [9.17, 15) is 9.59 Å². The summed E-state index contributed by atoms with van der Waals surface area (Å²) in [5.74, 6) is 6.64. The van der Waals surface area contributed by atoms with Crippen LogP contribution in [0.25, 0.3) is 11.4 Å². The number of para-hydroxylation sites is 1. The van der Waals surface area contributed by atoms with Crippen LogP contribution in [0.5, 0.6) is 0 Å². The molecule has 9 heteroatoms. The maximum Gasteiger partial charge on any atom is 0.225 e. The van der Waals surface area contributed by atoms with E-state index in [1.54, 1.807) is 54.6 Å². The molecule has 0 saturated heterocycles. The molecule has 0 fully saturated rings. The van der Waals surface area contributed by atoms with Crippen molar-refractivity contribution in [3.05, 3.63) is 95.0 Å². The predicted octanol–water partition coefficient (Wildman–Crippen LogP) is 4.66. The van der Waals surface area contributed by atoms with Crippen LogP contribution in [0.4, 0.5) is 5.69 Å². The smallest absolute Gasteiger partial charge is 0.225 e. The molecule has 7 nitrogen and oxygen atoms in total. The first kappa shape index (κ1) is 22.6. The standard InChI is InChI=1S/C24H20ClN5O2S/c25-19-12-6-4-10-17(19)23-28-29-24(30(23)26)33-15-14-21(31)27-20-13-7-5-11-18(20)22(32)16-8-2-1-3-9-16/h1-13H,14-15,26H2,(H,27,31). The maximum atomic E-state index is 12.8. The van der Waals surface area contributed by atoms with Crippen molar-refractivity contribution in [2.75, 3.05) is 16.9 Å². The van der Waals surface area contributed by atoms with Crippen molar-refractivity contribution in [3.8, 4) is 11.4 Å². The van der Waals surface area contributed by atoms with Gasteiger partial charge < -0.3 is 11.2 Å². The van der Waals surface area contributed by atoms with Gasteiger partial charge in [0.1, 0.15) is 0 Å². The number of nitrogens with zero attached hydrogens (tertiary/aromatic N) is 3. The number of carbonyl (C=O) groups excluding carboxylic acids is 2. The number of nitrogen functional groups attached to an aromatic ring is 1. The number of benzene rings is 3. The number of amides is 1. The summed E-state index contributed by atoms with van der Waals surface area (Å²) in [5, 5.41) is 12.0. The van der Waals surface area contributed by atoms with Gasteiger partial charge in [-0.05, 0) is 24.3 Å². The number of ketones is 1. The Labute approximate surface area is 199 Å². The average molecular weight is 478 g/mol. The van der Waals surface area contributed by atoms with Gasteiger partial charge in [0.2, 0.25) is 11.1 Å². The highest BCUT2D eigenvalue weighted by molar-refractivity contribution is 7.99. The van der Waals surface area contributed by atoms with Gasteiger partial charge in [-0.25, -0.2) is 4.68 Å². The summed E-state index contributed by atoms with van der Waals surface area (Å²) in [4.78, 5) is 25.4. The second kappa shape index (κ2) is 10.3. The average Bonchev–Trinajstić information content (AvgIpc) is 3.20. The molecular formula is C24H20ClN5O2S. The Kier molecular flexibility index (Phi) is 7.07. The number of aromatic nitrogens is 3. The third-order valence-electron chi connectivity index (χ3n) is 4.82. The molecule has 4 aromatic rings. The summed E-state index contributed by atoms with van der Waals surface area (Å²) in [6, 6.07) is 23.1. The van der Waals surface area contributed by atoms with E-state index in [2.05, 4.69) is 15.5 Å². The number of hydrogen-bond acceptors (Lipinski definition) is 6. The highest BCUT2D eigenvalue weighted by Crippen LogP contribution is 2.28. The molecule has 0 spiro atoms. The van der Waals surface area contributed by atoms with Gasteiger partial charge >= 0.3 is 0 Å². The number of nitrogens with one attached hydrogen (secondary N) is 1. The maximum absolute atomic E-state index is 12.8. The lowest BCUT2D eigenvalue weighted by molar-refractivity contribution is -0.115. The normalized spacial score (nSPS) is 10.7. The Balaban J connectivity index is 1.38. The Hall–Kier alpha value is -3.62. The second-order valence-electron chi connectivity index (χ2n) is 7.04. The zero-order valence-corrected chi connectivity index (χ0v) is 19.0. The molecule has 1 heterocycles. The van der Waals surface area contributed by atoms with E-state index >= 15 is 0 Å². The fourth-order valence-electron chi connectivity index (χ4n) is 3.18. The van der Waals surface area contributed by atoms with Crippen molar-refractivity contribution in [2.45, 2.75) is 11.6 Å². The number of carbonyl (C=O) groups is 2. The summed E-state index contributed by atoms with van der Waals surface area (Å²) in [5.41, 5.74) is 2.16. The largest absolute Gasteiger partial charge is 0.335 e. The number of rotatable bonds is 8. The molecule has 0 aliphatic rings. The Bertz CT molecular complexity index is 1290. The van der Waals surface area contributed by atoms with Crippen LogP contribution in [-0.4, -0.2) is 32.3 Å². The molecule has 0 unspecified atom stereocenters. The molecule has 1 aromatic heterocycles. The van der Waals surface area contributed by atoms with Crippen molar-refractivity contribution in [2.24, 2.45) is 0 Å². The number of nitrogens with two attached hydrogens (primary N) is 1. The minimum Gasteiger partial charge on any atom is -0.335 e. The van der Waals surface area contributed by atoms with Crippen molar-refractivity contribution in [1.82, 2.24) is 14.9 Å². The SMILES string of the molecule is Nn1c(SCCC(=O)Nc2ccccc2C(=O)c2ccccc2)nnc1-c1ccccc1Cl. The van der Waals surface area contributed by atoms with E-state index < -0.39 is 0 Å². The summed E-state index contributed by atoms with van der Waals surface area (Å²) < 4.78 is 1.36. The molecule has 0 aliphatic carbocycles. The van der Waals surface area contributed by atoms with Gasteiger partial charge in [-0.3, -0.25) is 9.59 Å². The molecule has 0 saturated carbocycles. The molecule has 33 heavy (non-hydrogen) atoms. The number of thioether (sulfide) groups is 1. The van der Waals surface area contributed by atoms with Crippen LogP contribution in [0, 0.1) is 0 Å². The first-order chi connectivity index (χ1) is 16.0. The van der Waals surface area contributed by atoms with Crippen molar-refractivity contribution < 1.29 is 9.59 Å². The van der Waals surface area contributed by atoms with Gasteiger partial charge in [0, 0.05) is 28.9 Å². The van der Waals surface area contributed by atoms with Gasteiger partial charge in [-0.1, -0.05) is 78.0 Å². The van der Waals surface area contributed by atoms with Gasteiger partial charge in [-0.2, -0.15) is 0 Å². The summed E-state index contributed by atoms with van der Waals surface area (Å²) in [7, 11) is 0. The lowest BCUT2D eigenvalue weighted by Crippen LogP contribution is -2.16. The molecule has 166 valence electrons. The van der Waals surface area contributed by atoms with Gasteiger partial charge in [0.25, 0.3) is 0 Å². The summed E-state index contributed by atoms with van der Waals surface area (Å²) >= 11 is 7.52. The Morgan fingerprint density at radius 3 is 2.42 bits per heavy atom. The van der Waals surface area contributed by atoms with Crippen molar-refractivity contribution in [1.29, 1.82) is 0 Å². The quantitative estimate of drug-likeness (QED) is 0.217. The fraction of sp³-hybridized carbons (Fsp3) is 0.0833. The van der Waals surface area contributed by atoms with Crippen LogP contribution in [0.15, 0.2) is 84.0 Å². The van der Waals surface area contributed by atoms with Crippen molar-refractivity contribution >= 4 is 40.7 Å². The van der Waals surface area contributed by atoms with Gasteiger partial charge in [0.05, 0.1) is 10.7 Å². The van der Waals surface area contributed by atoms with E-state index in [-0.39, 0.29) is 18.1 Å². The van der Waals surface area contributed by atoms with Crippen LogP contribution in [-0.2, 0) is 4.79 Å². The van der Waals surface area contributed by atoms with Crippen LogP contribution in [0.2, 0.25) is 5.02 Å². The monoisotopic (exact) mass is 477 g/mol. The number of halogens is 1. The Morgan fingerprint density at radius 2 is 1.64 bits per heavy atom. The molecule has 0 bridgehead atoms. The highest BCUT2D eigenvalue weighted by Gasteiger charge is 2.17. The second-order valence-corrected chi connectivity index (χ2v) is 8.51. The summed E-state index contributed by atoms with van der Waals surface area (Å²) in [6.07, 6.45) is 0.201. The number of anilines is 1. The molecule has 0 aliphatic heterocycles. The van der Waals surface area contributed by atoms with Gasteiger partial charge in [0.15, 0.2) is 11.6 Å². The van der Waals surface area contributed by atoms with E-state index in [1.165, 1.54) is 16.4 Å². The van der Waals surface area contributed by atoms with Crippen molar-refractivity contribution in [3.63, 3.8) is 0 Å². The van der Waals surface area contributed by atoms with E-state index in [4.69, 9.17) is 17.4 Å². The molecule has 3 aromatic carbocycles. The molecule has 1 amide bonds. The molecule has 0 atom stereocenters. The van der Waals surface area contributed by atoms with Crippen LogP contribution < -0.4 is 11.2 Å². The minimum atomic E-state index is -0.217. The molecular weight excluding hydrogens is 458 g/mol. The Morgan fingerprint density at radius 1 is 0.939 bits per heavy atom. The fourth-order valence-corrected chi connectivity index (χ4v) is 4.20. The first-order valence-corrected chi connectivity index (χ1v) is 11.5. The van der Waals surface area contributed by atoms with E-state index in [1.807, 2.05) is 24.3 Å². The topological polar surface area (TPSA) is 103 Å². The van der Waals surface area contributed by atoms with Crippen LogP contribution in [0.1, 0.15) is 22.3 Å². The molecule has 4 rings (SSSR count). The predicted molar refractivity (Wildman–Crippen MR) is 131 cm³/mol. The number of hydrogen-bond donors (Lipinski definition) is 2.